The Hall–Kier alpha value is -2.87. The van der Waals surface area contributed by atoms with Crippen LogP contribution in [0.2, 0.25) is 0 Å². The molecular formula is C19H18BrN3O4. The van der Waals surface area contributed by atoms with Crippen molar-refractivity contribution in [2.45, 2.75) is 13.0 Å². The summed E-state index contributed by atoms with van der Waals surface area (Å²) in [6, 6.07) is 12.8. The minimum atomic E-state index is -0.413. The molecule has 140 valence electrons. The van der Waals surface area contributed by atoms with Gasteiger partial charge in [0.25, 0.3) is 5.91 Å². The van der Waals surface area contributed by atoms with Crippen molar-refractivity contribution in [3.8, 4) is 5.75 Å². The Bertz CT molecular complexity index is 970. The number of carbonyl (C=O) groups excluding carboxylic acids is 2. The third-order valence-corrected chi connectivity index (χ3v) is 4.42. The molecule has 0 aliphatic rings. The topological polar surface area (TPSA) is 93.3 Å². The average Bonchev–Trinajstić information content (AvgIpc) is 3.10. The van der Waals surface area contributed by atoms with E-state index < -0.39 is 5.97 Å². The average molecular weight is 432 g/mol. The molecule has 0 unspecified atom stereocenters. The van der Waals surface area contributed by atoms with Gasteiger partial charge in [0, 0.05) is 22.0 Å². The van der Waals surface area contributed by atoms with E-state index in [2.05, 4.69) is 31.4 Å². The number of esters is 1. The predicted molar refractivity (Wildman–Crippen MR) is 104 cm³/mol. The predicted octanol–water partition coefficient (Wildman–Crippen LogP) is 3.20. The fourth-order valence-electron chi connectivity index (χ4n) is 2.59. The largest absolute Gasteiger partial charge is 0.496 e. The van der Waals surface area contributed by atoms with E-state index in [0.29, 0.717) is 11.4 Å². The van der Waals surface area contributed by atoms with Crippen molar-refractivity contribution in [1.82, 2.24) is 15.5 Å². The summed E-state index contributed by atoms with van der Waals surface area (Å²) >= 11 is 3.37. The van der Waals surface area contributed by atoms with Crippen LogP contribution >= 0.6 is 15.9 Å². The van der Waals surface area contributed by atoms with Crippen molar-refractivity contribution < 1.29 is 19.1 Å². The zero-order valence-electron chi connectivity index (χ0n) is 14.6. The summed E-state index contributed by atoms with van der Waals surface area (Å²) in [6.07, 6.45) is 0.0599. The maximum absolute atomic E-state index is 12.2. The molecule has 1 amide bonds. The molecule has 3 aromatic rings. The summed E-state index contributed by atoms with van der Waals surface area (Å²) in [5, 5.41) is 10.2. The maximum atomic E-state index is 12.2. The molecule has 0 bridgehead atoms. The van der Waals surface area contributed by atoms with Crippen LogP contribution in [0.3, 0.4) is 0 Å². The number of nitrogens with one attached hydrogen (secondary N) is 2. The fourth-order valence-corrected chi connectivity index (χ4v) is 3.00. The number of methoxy groups -OCH3 is 1. The van der Waals surface area contributed by atoms with Gasteiger partial charge in [-0.15, -0.1) is 0 Å². The Kier molecular flexibility index (Phi) is 6.08. The van der Waals surface area contributed by atoms with Gasteiger partial charge >= 0.3 is 5.97 Å². The molecule has 8 heteroatoms. The zero-order valence-corrected chi connectivity index (χ0v) is 16.2. The summed E-state index contributed by atoms with van der Waals surface area (Å²) in [4.78, 5) is 24.2. The second kappa shape index (κ2) is 8.68. The molecular weight excluding hydrogens is 414 g/mol. The molecule has 0 aliphatic carbocycles. The molecule has 7 nitrogen and oxygen atoms in total. The number of para-hydroxylation sites is 1. The first-order valence-electron chi connectivity index (χ1n) is 8.28. The van der Waals surface area contributed by atoms with Gasteiger partial charge in [-0.1, -0.05) is 34.1 Å². The molecule has 0 spiro atoms. The Morgan fingerprint density at radius 1 is 1.22 bits per heavy atom. The van der Waals surface area contributed by atoms with E-state index in [-0.39, 0.29) is 25.5 Å². The molecule has 1 heterocycles. The first-order chi connectivity index (χ1) is 13.1. The quantitative estimate of drug-likeness (QED) is 0.560. The SMILES string of the molecule is COc1ccc(Br)cc1COC(=O)CCNC(=O)c1n[nH]c2ccccc12. The van der Waals surface area contributed by atoms with Crippen LogP contribution in [0.15, 0.2) is 46.9 Å². The van der Waals surface area contributed by atoms with Gasteiger partial charge in [-0.3, -0.25) is 14.7 Å². The van der Waals surface area contributed by atoms with Crippen LogP contribution in [0.4, 0.5) is 0 Å². The Morgan fingerprint density at radius 2 is 2.04 bits per heavy atom. The van der Waals surface area contributed by atoms with Crippen LogP contribution in [-0.4, -0.2) is 35.7 Å². The lowest BCUT2D eigenvalue weighted by Gasteiger charge is -2.10. The number of hydrogen-bond acceptors (Lipinski definition) is 5. The Morgan fingerprint density at radius 3 is 2.85 bits per heavy atom. The standard InChI is InChI=1S/C19H18BrN3O4/c1-26-16-7-6-13(20)10-12(16)11-27-17(24)8-9-21-19(25)18-14-4-2-3-5-15(14)22-23-18/h2-7,10H,8-9,11H2,1H3,(H,21,25)(H,22,23). The van der Waals surface area contributed by atoms with Crippen LogP contribution in [-0.2, 0) is 16.1 Å². The van der Waals surface area contributed by atoms with Crippen molar-refractivity contribution >= 4 is 38.7 Å². The number of aromatic amines is 1. The number of benzene rings is 2. The molecule has 27 heavy (non-hydrogen) atoms. The highest BCUT2D eigenvalue weighted by atomic mass is 79.9. The number of halogens is 1. The van der Waals surface area contributed by atoms with Gasteiger partial charge < -0.3 is 14.8 Å². The summed E-state index contributed by atoms with van der Waals surface area (Å²) in [5.41, 5.74) is 1.84. The monoisotopic (exact) mass is 431 g/mol. The number of nitrogens with zero attached hydrogens (tertiary/aromatic N) is 1. The summed E-state index contributed by atoms with van der Waals surface area (Å²) in [7, 11) is 1.56. The summed E-state index contributed by atoms with van der Waals surface area (Å²) < 4.78 is 11.4. The van der Waals surface area contributed by atoms with Crippen LogP contribution in [0.1, 0.15) is 22.5 Å². The van der Waals surface area contributed by atoms with Crippen molar-refractivity contribution in [3.05, 3.63) is 58.2 Å². The van der Waals surface area contributed by atoms with Gasteiger partial charge in [-0.25, -0.2) is 0 Å². The van der Waals surface area contributed by atoms with E-state index in [9.17, 15) is 9.59 Å². The highest BCUT2D eigenvalue weighted by molar-refractivity contribution is 9.10. The third kappa shape index (κ3) is 4.65. The van der Waals surface area contributed by atoms with Crippen molar-refractivity contribution in [2.24, 2.45) is 0 Å². The minimum Gasteiger partial charge on any atom is -0.496 e. The van der Waals surface area contributed by atoms with Crippen molar-refractivity contribution in [3.63, 3.8) is 0 Å². The van der Waals surface area contributed by atoms with E-state index in [0.717, 1.165) is 20.9 Å². The lowest BCUT2D eigenvalue weighted by Crippen LogP contribution is -2.27. The molecule has 0 radical (unpaired) electrons. The highest BCUT2D eigenvalue weighted by Crippen LogP contribution is 2.23. The molecule has 0 saturated heterocycles. The molecule has 0 fully saturated rings. The number of hydrogen-bond donors (Lipinski definition) is 2. The molecule has 3 rings (SSSR count). The first-order valence-corrected chi connectivity index (χ1v) is 9.07. The van der Waals surface area contributed by atoms with Crippen LogP contribution in [0, 0.1) is 0 Å². The van der Waals surface area contributed by atoms with E-state index in [4.69, 9.17) is 9.47 Å². The summed E-state index contributed by atoms with van der Waals surface area (Å²) in [5.74, 6) is -0.108. The van der Waals surface area contributed by atoms with Crippen molar-refractivity contribution in [1.29, 1.82) is 0 Å². The Balaban J connectivity index is 1.48. The van der Waals surface area contributed by atoms with Crippen LogP contribution in [0.25, 0.3) is 10.9 Å². The van der Waals surface area contributed by atoms with Gasteiger partial charge in [0.1, 0.15) is 12.4 Å². The maximum Gasteiger partial charge on any atom is 0.307 e. The van der Waals surface area contributed by atoms with Gasteiger partial charge in [0.05, 0.1) is 19.0 Å². The van der Waals surface area contributed by atoms with Gasteiger partial charge in [-0.05, 0) is 24.3 Å². The number of amides is 1. The minimum absolute atomic E-state index is 0.0599. The van der Waals surface area contributed by atoms with E-state index in [1.165, 1.54) is 0 Å². The first kappa shape index (κ1) is 18.9. The van der Waals surface area contributed by atoms with Gasteiger partial charge in [-0.2, -0.15) is 5.10 Å². The van der Waals surface area contributed by atoms with Crippen molar-refractivity contribution in [2.75, 3.05) is 13.7 Å². The number of aromatic nitrogens is 2. The molecule has 0 atom stereocenters. The number of H-pyrrole nitrogens is 1. The zero-order chi connectivity index (χ0) is 19.2. The van der Waals surface area contributed by atoms with Crippen LogP contribution in [0.5, 0.6) is 5.75 Å². The van der Waals surface area contributed by atoms with E-state index in [1.54, 1.807) is 13.2 Å². The number of ether oxygens (including phenoxy) is 2. The summed E-state index contributed by atoms with van der Waals surface area (Å²) in [6.45, 7) is 0.258. The number of rotatable bonds is 7. The number of carbonyl (C=O) groups is 2. The van der Waals surface area contributed by atoms with Gasteiger partial charge in [0.2, 0.25) is 0 Å². The molecule has 2 N–H and O–H groups in total. The molecule has 1 aromatic heterocycles. The molecule has 2 aromatic carbocycles. The second-order valence-electron chi connectivity index (χ2n) is 5.74. The van der Waals surface area contributed by atoms with E-state index in [1.807, 2.05) is 36.4 Å². The lowest BCUT2D eigenvalue weighted by molar-refractivity contribution is -0.144. The normalized spacial score (nSPS) is 10.6. The fraction of sp³-hybridized carbons (Fsp3) is 0.211. The molecule has 0 aliphatic heterocycles. The highest BCUT2D eigenvalue weighted by Gasteiger charge is 2.14. The Labute approximate surface area is 164 Å². The second-order valence-corrected chi connectivity index (χ2v) is 6.66. The smallest absolute Gasteiger partial charge is 0.307 e. The third-order valence-electron chi connectivity index (χ3n) is 3.93. The van der Waals surface area contributed by atoms with Gasteiger partial charge in [0.15, 0.2) is 5.69 Å². The molecule has 0 saturated carbocycles. The van der Waals surface area contributed by atoms with Crippen LogP contribution < -0.4 is 10.1 Å². The van der Waals surface area contributed by atoms with E-state index >= 15 is 0 Å². The lowest BCUT2D eigenvalue weighted by atomic mass is 10.2. The number of fused-ring (bicyclic) bond motifs is 1.